The van der Waals surface area contributed by atoms with E-state index < -0.39 is 0 Å². The average Bonchev–Trinajstić information content (AvgIpc) is 2.39. The van der Waals surface area contributed by atoms with E-state index in [0.717, 1.165) is 16.6 Å². The molecule has 18 heavy (non-hydrogen) atoms. The molecule has 1 saturated heterocycles. The van der Waals surface area contributed by atoms with Gasteiger partial charge >= 0.3 is 0 Å². The number of rotatable bonds is 3. The Hall–Kier alpha value is -1.01. The van der Waals surface area contributed by atoms with Crippen LogP contribution in [-0.2, 0) is 0 Å². The van der Waals surface area contributed by atoms with Gasteiger partial charge in [-0.15, -0.1) is 0 Å². The Morgan fingerprint density at radius 1 is 1.39 bits per heavy atom. The van der Waals surface area contributed by atoms with Crippen LogP contribution in [0.4, 0.5) is 5.69 Å². The number of halogens is 1. The minimum absolute atomic E-state index is 0.643. The van der Waals surface area contributed by atoms with Crippen molar-refractivity contribution in [1.82, 2.24) is 0 Å². The summed E-state index contributed by atoms with van der Waals surface area (Å²) in [5.41, 5.74) is 1.93. The van der Waals surface area contributed by atoms with Crippen molar-refractivity contribution in [1.29, 1.82) is 5.26 Å². The van der Waals surface area contributed by atoms with Crippen LogP contribution in [0.25, 0.3) is 0 Å². The molecule has 0 spiro atoms. The zero-order chi connectivity index (χ0) is 13.0. The van der Waals surface area contributed by atoms with Crippen LogP contribution >= 0.6 is 15.9 Å². The van der Waals surface area contributed by atoms with E-state index in [4.69, 9.17) is 5.26 Å². The molecule has 2 nitrogen and oxygen atoms in total. The van der Waals surface area contributed by atoms with Crippen LogP contribution in [0.3, 0.4) is 0 Å². The van der Waals surface area contributed by atoms with Gasteiger partial charge in [-0.2, -0.15) is 5.26 Å². The summed E-state index contributed by atoms with van der Waals surface area (Å²) in [5.74, 6) is 0. The lowest BCUT2D eigenvalue weighted by Gasteiger charge is -2.37. The molecule has 1 aliphatic heterocycles. The summed E-state index contributed by atoms with van der Waals surface area (Å²) in [6.45, 7) is 3.36. The second-order valence-electron chi connectivity index (χ2n) is 4.94. The average molecular weight is 307 g/mol. The molecule has 96 valence electrons. The topological polar surface area (TPSA) is 27.0 Å². The standard InChI is InChI=1S/C15H19BrN2/c1-2-5-14-6-3-4-7-18(14)15-9-12(11-17)8-13(16)10-15/h8-10,14H,2-7H2,1H3. The highest BCUT2D eigenvalue weighted by molar-refractivity contribution is 9.10. The Labute approximate surface area is 118 Å². The fourth-order valence-corrected chi connectivity index (χ4v) is 3.26. The van der Waals surface area contributed by atoms with E-state index in [9.17, 15) is 0 Å². The second-order valence-corrected chi connectivity index (χ2v) is 5.86. The molecule has 1 aliphatic rings. The van der Waals surface area contributed by atoms with E-state index in [-0.39, 0.29) is 0 Å². The van der Waals surface area contributed by atoms with E-state index in [1.165, 1.54) is 37.8 Å². The Kier molecular flexibility index (Phi) is 4.66. The third-order valence-electron chi connectivity index (χ3n) is 3.59. The van der Waals surface area contributed by atoms with E-state index in [2.05, 4.69) is 39.9 Å². The van der Waals surface area contributed by atoms with Gasteiger partial charge < -0.3 is 4.90 Å². The van der Waals surface area contributed by atoms with Crippen LogP contribution in [-0.4, -0.2) is 12.6 Å². The molecule has 0 saturated carbocycles. The summed E-state index contributed by atoms with van der Waals surface area (Å²) in [6, 6.07) is 8.90. The third-order valence-corrected chi connectivity index (χ3v) is 4.05. The van der Waals surface area contributed by atoms with Crippen LogP contribution < -0.4 is 4.90 Å². The van der Waals surface area contributed by atoms with Gasteiger partial charge in [-0.25, -0.2) is 0 Å². The van der Waals surface area contributed by atoms with Gasteiger partial charge in [0, 0.05) is 22.7 Å². The maximum absolute atomic E-state index is 9.06. The highest BCUT2D eigenvalue weighted by Gasteiger charge is 2.22. The molecule has 0 radical (unpaired) electrons. The van der Waals surface area contributed by atoms with Gasteiger partial charge in [-0.1, -0.05) is 29.3 Å². The lowest BCUT2D eigenvalue weighted by molar-refractivity contribution is 0.435. The maximum atomic E-state index is 9.06. The van der Waals surface area contributed by atoms with Gasteiger partial charge in [0.2, 0.25) is 0 Å². The molecule has 1 aromatic rings. The normalized spacial score (nSPS) is 19.6. The number of hydrogen-bond acceptors (Lipinski definition) is 2. The van der Waals surface area contributed by atoms with Crippen LogP contribution in [0.15, 0.2) is 22.7 Å². The molecule has 3 heteroatoms. The Balaban J connectivity index is 2.27. The van der Waals surface area contributed by atoms with Crippen LogP contribution in [0.5, 0.6) is 0 Å². The van der Waals surface area contributed by atoms with E-state index in [1.807, 2.05) is 12.1 Å². The summed E-state index contributed by atoms with van der Waals surface area (Å²) in [4.78, 5) is 2.48. The molecule has 1 heterocycles. The van der Waals surface area contributed by atoms with E-state index in [1.54, 1.807) is 0 Å². The van der Waals surface area contributed by atoms with Gasteiger partial charge in [-0.3, -0.25) is 0 Å². The van der Waals surface area contributed by atoms with Crippen LogP contribution in [0.2, 0.25) is 0 Å². The summed E-state index contributed by atoms with van der Waals surface area (Å²) in [5, 5.41) is 9.06. The molecule has 0 aromatic heterocycles. The number of piperidine rings is 1. The van der Waals surface area contributed by atoms with E-state index in [0.29, 0.717) is 6.04 Å². The van der Waals surface area contributed by atoms with Gasteiger partial charge in [0.25, 0.3) is 0 Å². The number of hydrogen-bond donors (Lipinski definition) is 0. The molecular weight excluding hydrogens is 288 g/mol. The Morgan fingerprint density at radius 3 is 2.94 bits per heavy atom. The first kappa shape index (κ1) is 13.4. The van der Waals surface area contributed by atoms with Crippen molar-refractivity contribution in [2.45, 2.75) is 45.1 Å². The predicted molar refractivity (Wildman–Crippen MR) is 78.8 cm³/mol. The van der Waals surface area contributed by atoms with Gasteiger partial charge in [-0.05, 0) is 43.9 Å². The largest absolute Gasteiger partial charge is 0.368 e. The fourth-order valence-electron chi connectivity index (χ4n) is 2.78. The summed E-state index contributed by atoms with van der Waals surface area (Å²) < 4.78 is 0.998. The van der Waals surface area contributed by atoms with Crippen LogP contribution in [0, 0.1) is 11.3 Å². The first-order valence-electron chi connectivity index (χ1n) is 6.72. The lowest BCUT2D eigenvalue weighted by atomic mass is 9.97. The first-order valence-corrected chi connectivity index (χ1v) is 7.51. The second kappa shape index (κ2) is 6.24. The number of nitriles is 1. The van der Waals surface area contributed by atoms with Crippen molar-refractivity contribution in [3.05, 3.63) is 28.2 Å². The van der Waals surface area contributed by atoms with E-state index >= 15 is 0 Å². The molecular formula is C15H19BrN2. The maximum Gasteiger partial charge on any atom is 0.0992 e. The minimum atomic E-state index is 0.643. The zero-order valence-electron chi connectivity index (χ0n) is 10.8. The lowest BCUT2D eigenvalue weighted by Crippen LogP contribution is -2.39. The highest BCUT2D eigenvalue weighted by Crippen LogP contribution is 2.30. The monoisotopic (exact) mass is 306 g/mol. The fraction of sp³-hybridized carbons (Fsp3) is 0.533. The van der Waals surface area contributed by atoms with Crippen molar-refractivity contribution in [3.63, 3.8) is 0 Å². The molecule has 0 amide bonds. The predicted octanol–water partition coefficient (Wildman–Crippen LogP) is 4.48. The molecule has 0 aliphatic carbocycles. The van der Waals surface area contributed by atoms with Gasteiger partial charge in [0.1, 0.15) is 0 Å². The molecule has 2 rings (SSSR count). The molecule has 1 fully saturated rings. The zero-order valence-corrected chi connectivity index (χ0v) is 12.4. The summed E-state index contributed by atoms with van der Waals surface area (Å²) >= 11 is 3.50. The number of nitrogens with zero attached hydrogens (tertiary/aromatic N) is 2. The minimum Gasteiger partial charge on any atom is -0.368 e. The quantitative estimate of drug-likeness (QED) is 0.823. The Morgan fingerprint density at radius 2 is 2.22 bits per heavy atom. The van der Waals surface area contributed by atoms with Crippen LogP contribution in [0.1, 0.15) is 44.6 Å². The van der Waals surface area contributed by atoms with Crippen molar-refractivity contribution >= 4 is 21.6 Å². The third kappa shape index (κ3) is 3.05. The van der Waals surface area contributed by atoms with Crippen molar-refractivity contribution in [2.75, 3.05) is 11.4 Å². The first-order chi connectivity index (χ1) is 8.74. The molecule has 1 atom stereocenters. The smallest absolute Gasteiger partial charge is 0.0992 e. The number of anilines is 1. The summed E-state index contributed by atoms with van der Waals surface area (Å²) in [6.07, 6.45) is 6.34. The molecule has 1 aromatic carbocycles. The SMILES string of the molecule is CCCC1CCCCN1c1cc(Br)cc(C#N)c1. The van der Waals surface area contributed by atoms with Crippen molar-refractivity contribution < 1.29 is 0 Å². The van der Waals surface area contributed by atoms with Crippen molar-refractivity contribution in [3.8, 4) is 6.07 Å². The molecule has 1 unspecified atom stereocenters. The number of benzene rings is 1. The van der Waals surface area contributed by atoms with Gasteiger partial charge in [0.05, 0.1) is 11.6 Å². The molecule has 0 bridgehead atoms. The highest BCUT2D eigenvalue weighted by atomic mass is 79.9. The van der Waals surface area contributed by atoms with Crippen molar-refractivity contribution in [2.24, 2.45) is 0 Å². The Bertz CT molecular complexity index is 448. The molecule has 0 N–H and O–H groups in total. The summed E-state index contributed by atoms with van der Waals surface area (Å²) in [7, 11) is 0. The van der Waals surface area contributed by atoms with Gasteiger partial charge in [0.15, 0.2) is 0 Å².